The van der Waals surface area contributed by atoms with Crippen molar-refractivity contribution in [3.63, 3.8) is 0 Å². The maximum Gasteiger partial charge on any atom is 0.268 e. The number of thiazole rings is 1. The van der Waals surface area contributed by atoms with E-state index in [0.29, 0.717) is 11.4 Å². The van der Waals surface area contributed by atoms with Gasteiger partial charge in [-0.15, -0.1) is 11.3 Å². The Balaban J connectivity index is 1.74. The second-order valence-corrected chi connectivity index (χ2v) is 7.36. The van der Waals surface area contributed by atoms with E-state index in [1.165, 1.54) is 4.90 Å². The van der Waals surface area contributed by atoms with E-state index in [2.05, 4.69) is 10.3 Å². The van der Waals surface area contributed by atoms with Gasteiger partial charge >= 0.3 is 0 Å². The lowest BCUT2D eigenvalue weighted by atomic mass is 10.2. The third kappa shape index (κ3) is 3.51. The summed E-state index contributed by atoms with van der Waals surface area (Å²) < 4.78 is 5.60. The third-order valence-electron chi connectivity index (χ3n) is 4.09. The van der Waals surface area contributed by atoms with E-state index in [1.807, 2.05) is 32.9 Å². The number of fused-ring (bicyclic) bond motifs is 1. The Morgan fingerprint density at radius 1 is 1.40 bits per heavy atom. The molecule has 2 amide bonds. The van der Waals surface area contributed by atoms with Crippen LogP contribution >= 0.6 is 11.3 Å². The smallest absolute Gasteiger partial charge is 0.268 e. The van der Waals surface area contributed by atoms with E-state index < -0.39 is 6.10 Å². The minimum absolute atomic E-state index is 0.0370. The third-order valence-corrected chi connectivity index (χ3v) is 5.34. The quantitative estimate of drug-likeness (QED) is 0.911. The molecule has 0 saturated carbocycles. The van der Waals surface area contributed by atoms with Crippen LogP contribution in [0.3, 0.4) is 0 Å². The average molecular weight is 359 g/mol. The molecule has 6 nitrogen and oxygen atoms in total. The first-order valence-electron chi connectivity index (χ1n) is 8.17. The summed E-state index contributed by atoms with van der Waals surface area (Å²) in [7, 11) is 0. The minimum Gasteiger partial charge on any atom is -0.479 e. The maximum absolute atomic E-state index is 12.5. The molecule has 3 rings (SSSR count). The van der Waals surface area contributed by atoms with Crippen LogP contribution in [0.2, 0.25) is 0 Å². The van der Waals surface area contributed by atoms with Crippen LogP contribution in [0.4, 0.5) is 5.69 Å². The first-order valence-corrected chi connectivity index (χ1v) is 8.99. The van der Waals surface area contributed by atoms with E-state index in [4.69, 9.17) is 4.74 Å². The highest BCUT2D eigenvalue weighted by molar-refractivity contribution is 7.11. The molecule has 1 aliphatic rings. The number of carbonyl (C=O) groups is 2. The SMILES string of the molecule is Cc1nc(C)c([C@@H](C)NC(=O)CN2C(=O)[C@@H](C)Oc3ccccc32)s1. The highest BCUT2D eigenvalue weighted by atomic mass is 32.1. The van der Waals surface area contributed by atoms with Gasteiger partial charge in [-0.3, -0.25) is 14.5 Å². The number of para-hydroxylation sites is 2. The molecule has 2 atom stereocenters. The van der Waals surface area contributed by atoms with Gasteiger partial charge in [0.25, 0.3) is 5.91 Å². The van der Waals surface area contributed by atoms with Crippen LogP contribution in [0.1, 0.15) is 35.5 Å². The highest BCUT2D eigenvalue weighted by Gasteiger charge is 2.32. The van der Waals surface area contributed by atoms with Crippen molar-refractivity contribution in [1.82, 2.24) is 10.3 Å². The van der Waals surface area contributed by atoms with Gasteiger partial charge in [0, 0.05) is 4.88 Å². The number of hydrogen-bond donors (Lipinski definition) is 1. The van der Waals surface area contributed by atoms with Crippen molar-refractivity contribution in [2.24, 2.45) is 0 Å². The van der Waals surface area contributed by atoms with Crippen molar-refractivity contribution in [2.75, 3.05) is 11.4 Å². The molecule has 0 bridgehead atoms. The lowest BCUT2D eigenvalue weighted by Crippen LogP contribution is -2.49. The molecule has 1 aliphatic heterocycles. The summed E-state index contributed by atoms with van der Waals surface area (Å²) in [6, 6.07) is 7.10. The number of rotatable bonds is 4. The fourth-order valence-electron chi connectivity index (χ4n) is 2.97. The number of ether oxygens (including phenoxy) is 1. The Bertz CT molecular complexity index is 818. The summed E-state index contributed by atoms with van der Waals surface area (Å²) >= 11 is 1.57. The van der Waals surface area contributed by atoms with Crippen molar-refractivity contribution in [3.05, 3.63) is 39.8 Å². The van der Waals surface area contributed by atoms with Gasteiger partial charge in [0.1, 0.15) is 12.3 Å². The Kier molecular flexibility index (Phi) is 4.76. The number of nitrogens with zero attached hydrogens (tertiary/aromatic N) is 2. The van der Waals surface area contributed by atoms with Crippen molar-refractivity contribution in [2.45, 2.75) is 39.8 Å². The van der Waals surface area contributed by atoms with Crippen LogP contribution in [0, 0.1) is 13.8 Å². The summed E-state index contributed by atoms with van der Waals surface area (Å²) in [5, 5.41) is 3.93. The molecule has 0 aliphatic carbocycles. The number of anilines is 1. The Hall–Kier alpha value is -2.41. The molecule has 1 aromatic heterocycles. The van der Waals surface area contributed by atoms with E-state index in [-0.39, 0.29) is 24.4 Å². The zero-order valence-corrected chi connectivity index (χ0v) is 15.5. The van der Waals surface area contributed by atoms with Gasteiger partial charge < -0.3 is 10.1 Å². The fraction of sp³-hybridized carbons (Fsp3) is 0.389. The number of nitrogens with one attached hydrogen (secondary N) is 1. The molecular weight excluding hydrogens is 338 g/mol. The molecule has 1 N–H and O–H groups in total. The van der Waals surface area contributed by atoms with Crippen molar-refractivity contribution in [1.29, 1.82) is 0 Å². The normalized spacial score (nSPS) is 17.7. The number of hydrogen-bond acceptors (Lipinski definition) is 5. The lowest BCUT2D eigenvalue weighted by molar-refractivity contribution is -0.128. The summed E-state index contributed by atoms with van der Waals surface area (Å²) in [5.41, 5.74) is 1.55. The first-order chi connectivity index (χ1) is 11.9. The van der Waals surface area contributed by atoms with Gasteiger partial charge in [-0.1, -0.05) is 12.1 Å². The second-order valence-electron chi connectivity index (χ2n) is 6.12. The van der Waals surface area contributed by atoms with Crippen LogP contribution in [0.15, 0.2) is 24.3 Å². The number of aromatic nitrogens is 1. The van der Waals surface area contributed by atoms with Crippen LogP contribution in [-0.2, 0) is 9.59 Å². The molecule has 0 unspecified atom stereocenters. The van der Waals surface area contributed by atoms with Gasteiger partial charge in [-0.2, -0.15) is 0 Å². The van der Waals surface area contributed by atoms with Gasteiger partial charge in [-0.05, 0) is 39.8 Å². The molecular formula is C18H21N3O3S. The molecule has 0 radical (unpaired) electrons. The van der Waals surface area contributed by atoms with Gasteiger partial charge in [-0.25, -0.2) is 4.98 Å². The standard InChI is InChI=1S/C18H21N3O3S/c1-10-17(25-13(4)19-10)11(2)20-16(22)9-21-14-7-5-6-8-15(14)24-12(3)18(21)23/h5-8,11-12H,9H2,1-4H3,(H,20,22)/t11-,12-/m1/s1. The van der Waals surface area contributed by atoms with E-state index in [1.54, 1.807) is 30.4 Å². The van der Waals surface area contributed by atoms with Crippen LogP contribution in [-0.4, -0.2) is 29.4 Å². The molecule has 0 saturated heterocycles. The summed E-state index contributed by atoms with van der Waals surface area (Å²) in [6.07, 6.45) is -0.605. The molecule has 132 valence electrons. The molecule has 7 heteroatoms. The zero-order valence-electron chi connectivity index (χ0n) is 14.7. The molecule has 2 aromatic rings. The largest absolute Gasteiger partial charge is 0.479 e. The van der Waals surface area contributed by atoms with Crippen molar-refractivity contribution in [3.8, 4) is 5.75 Å². The van der Waals surface area contributed by atoms with Crippen molar-refractivity contribution >= 4 is 28.8 Å². The van der Waals surface area contributed by atoms with Crippen LogP contribution in [0.25, 0.3) is 0 Å². The number of benzene rings is 1. The average Bonchev–Trinajstić information content (AvgIpc) is 2.90. The summed E-state index contributed by atoms with van der Waals surface area (Å²) in [6.45, 7) is 7.46. The number of amides is 2. The van der Waals surface area contributed by atoms with Crippen LogP contribution < -0.4 is 15.0 Å². The predicted molar refractivity (Wildman–Crippen MR) is 97.0 cm³/mol. The fourth-order valence-corrected chi connectivity index (χ4v) is 3.90. The molecule has 25 heavy (non-hydrogen) atoms. The summed E-state index contributed by atoms with van der Waals surface area (Å²) in [5.74, 6) is 0.186. The first kappa shape index (κ1) is 17.4. The topological polar surface area (TPSA) is 71.5 Å². The second kappa shape index (κ2) is 6.84. The maximum atomic E-state index is 12.5. The monoisotopic (exact) mass is 359 g/mol. The molecule has 1 aromatic carbocycles. The van der Waals surface area contributed by atoms with Gasteiger partial charge in [0.2, 0.25) is 5.91 Å². The van der Waals surface area contributed by atoms with Gasteiger partial charge in [0.15, 0.2) is 6.10 Å². The number of carbonyl (C=O) groups excluding carboxylic acids is 2. The van der Waals surface area contributed by atoms with E-state index >= 15 is 0 Å². The van der Waals surface area contributed by atoms with Gasteiger partial charge in [0.05, 0.1) is 22.4 Å². The minimum atomic E-state index is -0.605. The van der Waals surface area contributed by atoms with Crippen LogP contribution in [0.5, 0.6) is 5.75 Å². The Morgan fingerprint density at radius 3 is 2.80 bits per heavy atom. The predicted octanol–water partition coefficient (Wildman–Crippen LogP) is 2.75. The van der Waals surface area contributed by atoms with Crippen molar-refractivity contribution < 1.29 is 14.3 Å². The molecule has 2 heterocycles. The van der Waals surface area contributed by atoms with E-state index in [0.717, 1.165) is 15.6 Å². The Morgan fingerprint density at radius 2 is 2.12 bits per heavy atom. The molecule has 0 spiro atoms. The highest BCUT2D eigenvalue weighted by Crippen LogP contribution is 2.33. The Labute approximate surface area is 150 Å². The molecule has 0 fully saturated rings. The lowest BCUT2D eigenvalue weighted by Gasteiger charge is -2.32. The zero-order chi connectivity index (χ0) is 18.1. The van der Waals surface area contributed by atoms with E-state index in [9.17, 15) is 9.59 Å². The summed E-state index contributed by atoms with van der Waals surface area (Å²) in [4.78, 5) is 31.9. The number of aryl methyl sites for hydroxylation is 2.